The third-order valence-corrected chi connectivity index (χ3v) is 5.65. The largest absolute Gasteiger partial charge is 0.274 e. The third-order valence-electron chi connectivity index (χ3n) is 5.65. The van der Waals surface area contributed by atoms with Gasteiger partial charge in [0.15, 0.2) is 0 Å². The lowest BCUT2D eigenvalue weighted by molar-refractivity contribution is -0.146. The summed E-state index contributed by atoms with van der Waals surface area (Å²) < 4.78 is 0. The van der Waals surface area contributed by atoms with Crippen LogP contribution in [0.4, 0.5) is 0 Å². The summed E-state index contributed by atoms with van der Waals surface area (Å²) in [5, 5.41) is 9.72. The van der Waals surface area contributed by atoms with Gasteiger partial charge in [-0.1, -0.05) is 25.5 Å². The fourth-order valence-electron chi connectivity index (χ4n) is 4.17. The molecule has 4 nitrogen and oxygen atoms in total. The predicted octanol–water partition coefficient (Wildman–Crippen LogP) is 2.80. The maximum atomic E-state index is 12.7. The summed E-state index contributed by atoms with van der Waals surface area (Å²) >= 11 is 0. The molecule has 0 spiro atoms. The topological polar surface area (TPSA) is 61.2 Å². The molecule has 1 saturated carbocycles. The monoisotopic (exact) mass is 286 g/mol. The lowest BCUT2D eigenvalue weighted by atomic mass is 9.75. The molecule has 0 bridgehead atoms. The summed E-state index contributed by atoms with van der Waals surface area (Å²) in [5.41, 5.74) is -0.878. The van der Waals surface area contributed by atoms with E-state index >= 15 is 0 Å². The number of amides is 2. The molecule has 0 radical (unpaired) electrons. The van der Waals surface area contributed by atoms with E-state index < -0.39 is 5.54 Å². The minimum atomic E-state index is -0.878. The number of hydrogen-bond donors (Lipinski definition) is 0. The number of likely N-dealkylation sites (tertiary alicyclic amines) is 1. The summed E-state index contributed by atoms with van der Waals surface area (Å²) in [6.45, 7) is 2.16. The SMILES string of the molecule is CCC1CCC(C#N)(N2C(=O)C3CC=CCC3C2=O)CC1. The zero-order chi connectivity index (χ0) is 15.0. The van der Waals surface area contributed by atoms with E-state index in [0.717, 1.165) is 19.3 Å². The first-order valence-electron chi connectivity index (χ1n) is 8.07. The van der Waals surface area contributed by atoms with Gasteiger partial charge in [0.1, 0.15) is 5.54 Å². The standard InChI is InChI=1S/C17H22N2O2/c1-2-12-7-9-17(11-18,10-8-12)19-15(20)13-5-3-4-6-14(13)16(19)21/h3-4,12-14H,2,5-10H2,1H3. The maximum absolute atomic E-state index is 12.7. The van der Waals surface area contributed by atoms with Gasteiger partial charge in [-0.2, -0.15) is 5.26 Å². The molecule has 1 aliphatic heterocycles. The third kappa shape index (κ3) is 2.10. The van der Waals surface area contributed by atoms with Crippen LogP contribution in [0, 0.1) is 29.1 Å². The van der Waals surface area contributed by atoms with Gasteiger partial charge >= 0.3 is 0 Å². The maximum Gasteiger partial charge on any atom is 0.234 e. The Morgan fingerprint density at radius 2 is 1.71 bits per heavy atom. The molecular formula is C17H22N2O2. The average molecular weight is 286 g/mol. The Balaban J connectivity index is 1.87. The summed E-state index contributed by atoms with van der Waals surface area (Å²) in [6.07, 6.45) is 9.54. The second-order valence-corrected chi connectivity index (χ2v) is 6.66. The molecule has 2 unspecified atom stereocenters. The van der Waals surface area contributed by atoms with Crippen molar-refractivity contribution < 1.29 is 9.59 Å². The summed E-state index contributed by atoms with van der Waals surface area (Å²) in [6, 6.07) is 2.34. The van der Waals surface area contributed by atoms with Crippen molar-refractivity contribution in [1.29, 1.82) is 5.26 Å². The van der Waals surface area contributed by atoms with Gasteiger partial charge in [-0.25, -0.2) is 0 Å². The van der Waals surface area contributed by atoms with Crippen molar-refractivity contribution in [2.45, 2.75) is 57.4 Å². The Morgan fingerprint density at radius 3 is 2.14 bits per heavy atom. The van der Waals surface area contributed by atoms with Gasteiger partial charge in [0, 0.05) is 0 Å². The molecule has 1 heterocycles. The molecule has 0 aromatic heterocycles. The van der Waals surface area contributed by atoms with Crippen LogP contribution in [0.5, 0.6) is 0 Å². The molecular weight excluding hydrogens is 264 g/mol. The van der Waals surface area contributed by atoms with Crippen molar-refractivity contribution >= 4 is 11.8 Å². The number of carbonyl (C=O) groups is 2. The molecule has 0 aromatic rings. The van der Waals surface area contributed by atoms with E-state index in [1.165, 1.54) is 4.90 Å². The normalized spacial score (nSPS) is 39.2. The van der Waals surface area contributed by atoms with Crippen molar-refractivity contribution in [3.05, 3.63) is 12.2 Å². The van der Waals surface area contributed by atoms with Crippen molar-refractivity contribution in [2.75, 3.05) is 0 Å². The highest BCUT2D eigenvalue weighted by atomic mass is 16.2. The quantitative estimate of drug-likeness (QED) is 0.579. The van der Waals surface area contributed by atoms with Crippen LogP contribution >= 0.6 is 0 Å². The number of rotatable bonds is 2. The van der Waals surface area contributed by atoms with Crippen LogP contribution < -0.4 is 0 Å². The number of allylic oxidation sites excluding steroid dienone is 2. The molecule has 2 aliphatic carbocycles. The molecule has 3 rings (SSSR count). The number of carbonyl (C=O) groups excluding carboxylic acids is 2. The van der Waals surface area contributed by atoms with E-state index in [9.17, 15) is 14.9 Å². The van der Waals surface area contributed by atoms with Crippen molar-refractivity contribution in [2.24, 2.45) is 17.8 Å². The first-order chi connectivity index (χ1) is 10.1. The molecule has 21 heavy (non-hydrogen) atoms. The van der Waals surface area contributed by atoms with Crippen LogP contribution in [-0.2, 0) is 9.59 Å². The Bertz CT molecular complexity index is 497. The molecule has 1 saturated heterocycles. The Morgan fingerprint density at radius 1 is 1.19 bits per heavy atom. The first kappa shape index (κ1) is 14.3. The molecule has 4 heteroatoms. The number of hydrogen-bond acceptors (Lipinski definition) is 3. The van der Waals surface area contributed by atoms with Crippen LogP contribution in [0.15, 0.2) is 12.2 Å². The second kappa shape index (κ2) is 5.29. The fraction of sp³-hybridized carbons (Fsp3) is 0.706. The van der Waals surface area contributed by atoms with Gasteiger partial charge in [-0.3, -0.25) is 14.5 Å². The highest BCUT2D eigenvalue weighted by Gasteiger charge is 2.56. The zero-order valence-corrected chi connectivity index (χ0v) is 12.5. The molecule has 112 valence electrons. The van der Waals surface area contributed by atoms with Gasteiger partial charge in [-0.15, -0.1) is 0 Å². The minimum absolute atomic E-state index is 0.106. The van der Waals surface area contributed by atoms with Gasteiger partial charge in [0.25, 0.3) is 0 Å². The van der Waals surface area contributed by atoms with E-state index in [2.05, 4.69) is 13.0 Å². The van der Waals surface area contributed by atoms with Gasteiger partial charge in [-0.05, 0) is 44.4 Å². The Hall–Kier alpha value is -1.63. The lowest BCUT2D eigenvalue weighted by Crippen LogP contribution is -2.53. The van der Waals surface area contributed by atoms with Crippen LogP contribution in [0.1, 0.15) is 51.9 Å². The van der Waals surface area contributed by atoms with Crippen molar-refractivity contribution in [3.63, 3.8) is 0 Å². The van der Waals surface area contributed by atoms with Gasteiger partial charge in [0.05, 0.1) is 17.9 Å². The van der Waals surface area contributed by atoms with Gasteiger partial charge < -0.3 is 0 Å². The first-order valence-corrected chi connectivity index (χ1v) is 8.07. The summed E-state index contributed by atoms with van der Waals surface area (Å²) in [5.74, 6) is -0.0341. The number of imide groups is 1. The van der Waals surface area contributed by atoms with E-state index in [1.54, 1.807) is 0 Å². The Kier molecular flexibility index (Phi) is 3.61. The lowest BCUT2D eigenvalue weighted by Gasteiger charge is -2.40. The van der Waals surface area contributed by atoms with Crippen LogP contribution in [0.2, 0.25) is 0 Å². The molecule has 0 aromatic carbocycles. The number of nitriles is 1. The smallest absolute Gasteiger partial charge is 0.234 e. The molecule has 2 atom stereocenters. The second-order valence-electron chi connectivity index (χ2n) is 6.66. The van der Waals surface area contributed by atoms with E-state index in [0.29, 0.717) is 31.6 Å². The van der Waals surface area contributed by atoms with E-state index in [1.807, 2.05) is 12.2 Å². The van der Waals surface area contributed by atoms with E-state index in [-0.39, 0.29) is 23.7 Å². The predicted molar refractivity (Wildman–Crippen MR) is 77.8 cm³/mol. The fourth-order valence-corrected chi connectivity index (χ4v) is 4.17. The highest BCUT2D eigenvalue weighted by Crippen LogP contribution is 2.44. The summed E-state index contributed by atoms with van der Waals surface area (Å²) in [4.78, 5) is 26.7. The number of fused-ring (bicyclic) bond motifs is 1. The van der Waals surface area contributed by atoms with Crippen LogP contribution in [0.3, 0.4) is 0 Å². The minimum Gasteiger partial charge on any atom is -0.274 e. The average Bonchev–Trinajstić information content (AvgIpc) is 2.80. The van der Waals surface area contributed by atoms with Crippen molar-refractivity contribution in [3.8, 4) is 6.07 Å². The highest BCUT2D eigenvalue weighted by molar-refractivity contribution is 6.06. The molecule has 0 N–H and O–H groups in total. The van der Waals surface area contributed by atoms with Crippen LogP contribution in [-0.4, -0.2) is 22.3 Å². The summed E-state index contributed by atoms with van der Waals surface area (Å²) in [7, 11) is 0. The Labute approximate surface area is 125 Å². The molecule has 3 aliphatic rings. The van der Waals surface area contributed by atoms with E-state index in [4.69, 9.17) is 0 Å². The van der Waals surface area contributed by atoms with Crippen LogP contribution in [0.25, 0.3) is 0 Å². The number of nitrogens with zero attached hydrogens (tertiary/aromatic N) is 2. The van der Waals surface area contributed by atoms with Crippen molar-refractivity contribution in [1.82, 2.24) is 4.90 Å². The molecule has 2 fully saturated rings. The molecule has 2 amide bonds. The van der Waals surface area contributed by atoms with Gasteiger partial charge in [0.2, 0.25) is 11.8 Å². The zero-order valence-electron chi connectivity index (χ0n) is 12.5.